The number of phenols is 1. The summed E-state index contributed by atoms with van der Waals surface area (Å²) in [5, 5.41) is 9.45. The van der Waals surface area contributed by atoms with Crippen molar-refractivity contribution in [1.82, 2.24) is 0 Å². The zero-order valence-electron chi connectivity index (χ0n) is 5.56. The fourth-order valence-electron chi connectivity index (χ4n) is 0.692. The van der Waals surface area contributed by atoms with Crippen LogP contribution in [-0.2, 0) is 0 Å². The van der Waals surface area contributed by atoms with Crippen LogP contribution in [0.2, 0.25) is 5.02 Å². The van der Waals surface area contributed by atoms with E-state index < -0.39 is 0 Å². The van der Waals surface area contributed by atoms with Crippen LogP contribution in [-0.4, -0.2) is 5.11 Å². The quantitative estimate of drug-likeness (QED) is 0.447. The van der Waals surface area contributed by atoms with E-state index in [2.05, 4.69) is 0 Å². The van der Waals surface area contributed by atoms with Crippen molar-refractivity contribution in [3.8, 4) is 5.75 Å². The van der Waals surface area contributed by atoms with Crippen molar-refractivity contribution >= 4 is 17.3 Å². The molecule has 1 aromatic carbocycles. The first-order valence-corrected chi connectivity index (χ1v) is 3.24. The molecule has 0 fully saturated rings. The van der Waals surface area contributed by atoms with Gasteiger partial charge in [0.1, 0.15) is 5.75 Å². The van der Waals surface area contributed by atoms with E-state index in [-0.39, 0.29) is 11.4 Å². The predicted molar refractivity (Wildman–Crippen MR) is 42.3 cm³/mol. The summed E-state index contributed by atoms with van der Waals surface area (Å²) in [6, 6.07) is 3.24. The average molecular weight is 158 g/mol. The number of rotatable bonds is 0. The summed E-state index contributed by atoms with van der Waals surface area (Å²) in [5.41, 5.74) is 6.52. The number of halogens is 1. The fourth-order valence-corrected chi connectivity index (χ4v) is 0.852. The molecule has 0 unspecified atom stereocenters. The highest BCUT2D eigenvalue weighted by atomic mass is 35.5. The first-order valence-electron chi connectivity index (χ1n) is 2.86. The van der Waals surface area contributed by atoms with E-state index in [1.165, 1.54) is 6.07 Å². The van der Waals surface area contributed by atoms with Gasteiger partial charge in [-0.25, -0.2) is 0 Å². The van der Waals surface area contributed by atoms with Crippen LogP contribution in [0, 0.1) is 6.92 Å². The molecular formula is C7H8ClNO. The number of nitrogens with two attached hydrogens (primary N) is 1. The van der Waals surface area contributed by atoms with E-state index >= 15 is 0 Å². The molecule has 3 N–H and O–H groups in total. The van der Waals surface area contributed by atoms with E-state index in [1.54, 1.807) is 6.07 Å². The first-order chi connectivity index (χ1) is 4.63. The second kappa shape index (κ2) is 2.39. The largest absolute Gasteiger partial charge is 0.506 e. The SMILES string of the molecule is Cc1ccc(O)c(N)c1Cl. The highest BCUT2D eigenvalue weighted by molar-refractivity contribution is 6.34. The molecule has 54 valence electrons. The van der Waals surface area contributed by atoms with Crippen molar-refractivity contribution in [3.63, 3.8) is 0 Å². The minimum absolute atomic E-state index is 0.0376. The topological polar surface area (TPSA) is 46.2 Å². The molecule has 0 radical (unpaired) electrons. The summed E-state index contributed by atoms with van der Waals surface area (Å²) in [7, 11) is 0. The Kier molecular flexibility index (Phi) is 1.72. The highest BCUT2D eigenvalue weighted by Gasteiger charge is 2.03. The molecule has 1 aromatic rings. The Labute approximate surface area is 64.2 Å². The molecule has 1 rings (SSSR count). The maximum atomic E-state index is 9.02. The van der Waals surface area contributed by atoms with Crippen molar-refractivity contribution in [2.24, 2.45) is 0 Å². The van der Waals surface area contributed by atoms with Gasteiger partial charge in [-0.1, -0.05) is 17.7 Å². The van der Waals surface area contributed by atoms with Crippen molar-refractivity contribution in [1.29, 1.82) is 0 Å². The minimum atomic E-state index is 0.0376. The molecule has 0 spiro atoms. The first kappa shape index (κ1) is 7.22. The number of anilines is 1. The number of phenolic OH excluding ortho intramolecular Hbond substituents is 1. The zero-order valence-corrected chi connectivity index (χ0v) is 6.31. The van der Waals surface area contributed by atoms with Gasteiger partial charge in [0.05, 0.1) is 10.7 Å². The van der Waals surface area contributed by atoms with Crippen LogP contribution >= 0.6 is 11.6 Å². The minimum Gasteiger partial charge on any atom is -0.506 e. The lowest BCUT2D eigenvalue weighted by Crippen LogP contribution is -1.88. The Balaban J connectivity index is 3.34. The average Bonchev–Trinajstić information content (AvgIpc) is 1.93. The molecule has 0 aliphatic carbocycles. The molecule has 10 heavy (non-hydrogen) atoms. The normalized spacial score (nSPS) is 9.80. The maximum Gasteiger partial charge on any atom is 0.140 e. The number of nitrogen functional groups attached to an aromatic ring is 1. The third-order valence-electron chi connectivity index (χ3n) is 1.35. The van der Waals surface area contributed by atoms with Crippen LogP contribution in [0.1, 0.15) is 5.56 Å². The highest BCUT2D eigenvalue weighted by Crippen LogP contribution is 2.30. The lowest BCUT2D eigenvalue weighted by molar-refractivity contribution is 0.478. The molecule has 0 amide bonds. The third-order valence-corrected chi connectivity index (χ3v) is 1.85. The molecule has 0 saturated carbocycles. The van der Waals surface area contributed by atoms with Gasteiger partial charge < -0.3 is 10.8 Å². The number of hydrogen-bond donors (Lipinski definition) is 2. The van der Waals surface area contributed by atoms with Gasteiger partial charge in [-0.15, -0.1) is 0 Å². The second-order valence-corrected chi connectivity index (χ2v) is 2.51. The van der Waals surface area contributed by atoms with Crippen LogP contribution < -0.4 is 5.73 Å². The number of benzene rings is 1. The molecule has 0 aliphatic rings. The van der Waals surface area contributed by atoms with Gasteiger partial charge >= 0.3 is 0 Å². The lowest BCUT2D eigenvalue weighted by atomic mass is 10.2. The standard InChI is InChI=1S/C7H8ClNO/c1-4-2-3-5(10)7(9)6(4)8/h2-3,10H,9H2,1H3. The summed E-state index contributed by atoms with van der Waals surface area (Å²) in [6.45, 7) is 1.83. The predicted octanol–water partition coefficient (Wildman–Crippen LogP) is 1.94. The van der Waals surface area contributed by atoms with Gasteiger partial charge in [0.25, 0.3) is 0 Å². The zero-order chi connectivity index (χ0) is 7.72. The van der Waals surface area contributed by atoms with Gasteiger partial charge in [-0.3, -0.25) is 0 Å². The van der Waals surface area contributed by atoms with Crippen LogP contribution in [0.15, 0.2) is 12.1 Å². The van der Waals surface area contributed by atoms with E-state index in [4.69, 9.17) is 22.4 Å². The molecule has 0 saturated heterocycles. The van der Waals surface area contributed by atoms with Crippen molar-refractivity contribution in [3.05, 3.63) is 22.7 Å². The van der Waals surface area contributed by atoms with Crippen LogP contribution in [0.25, 0.3) is 0 Å². The van der Waals surface area contributed by atoms with E-state index in [0.717, 1.165) is 5.56 Å². The van der Waals surface area contributed by atoms with Gasteiger partial charge in [0, 0.05) is 0 Å². The summed E-state index contributed by atoms with van der Waals surface area (Å²) in [5.74, 6) is 0.0376. The molecule has 0 bridgehead atoms. The van der Waals surface area contributed by atoms with Crippen LogP contribution in [0.4, 0.5) is 5.69 Å². The summed E-state index contributed by atoms with van der Waals surface area (Å²) in [6.07, 6.45) is 0. The summed E-state index contributed by atoms with van der Waals surface area (Å²) < 4.78 is 0. The smallest absolute Gasteiger partial charge is 0.140 e. The number of aromatic hydroxyl groups is 1. The van der Waals surface area contributed by atoms with Gasteiger partial charge in [-0.2, -0.15) is 0 Å². The lowest BCUT2D eigenvalue weighted by Gasteiger charge is -2.02. The van der Waals surface area contributed by atoms with Crippen LogP contribution in [0.3, 0.4) is 0 Å². The van der Waals surface area contributed by atoms with Crippen molar-refractivity contribution in [2.75, 3.05) is 5.73 Å². The second-order valence-electron chi connectivity index (χ2n) is 2.13. The third kappa shape index (κ3) is 1.02. The molecular weight excluding hydrogens is 150 g/mol. The monoisotopic (exact) mass is 157 g/mol. The van der Waals surface area contributed by atoms with Gasteiger partial charge in [0.15, 0.2) is 0 Å². The Bertz CT molecular complexity index is 233. The van der Waals surface area contributed by atoms with Crippen molar-refractivity contribution in [2.45, 2.75) is 6.92 Å². The Morgan fingerprint density at radius 2 is 2.10 bits per heavy atom. The molecule has 0 aromatic heterocycles. The maximum absolute atomic E-state index is 9.02. The summed E-state index contributed by atoms with van der Waals surface area (Å²) in [4.78, 5) is 0. The van der Waals surface area contributed by atoms with Crippen molar-refractivity contribution < 1.29 is 5.11 Å². The Morgan fingerprint density at radius 3 is 2.60 bits per heavy atom. The molecule has 0 atom stereocenters. The Morgan fingerprint density at radius 1 is 1.50 bits per heavy atom. The van der Waals surface area contributed by atoms with Gasteiger partial charge in [0.2, 0.25) is 0 Å². The molecule has 2 nitrogen and oxygen atoms in total. The van der Waals surface area contributed by atoms with E-state index in [9.17, 15) is 0 Å². The molecule has 0 aliphatic heterocycles. The van der Waals surface area contributed by atoms with E-state index in [0.29, 0.717) is 5.02 Å². The fraction of sp³-hybridized carbons (Fsp3) is 0.143. The molecule has 0 heterocycles. The number of hydrogen-bond acceptors (Lipinski definition) is 2. The van der Waals surface area contributed by atoms with Gasteiger partial charge in [-0.05, 0) is 18.6 Å². The molecule has 3 heteroatoms. The summed E-state index contributed by atoms with van der Waals surface area (Å²) >= 11 is 5.70. The van der Waals surface area contributed by atoms with Crippen LogP contribution in [0.5, 0.6) is 5.75 Å². The Hall–Kier alpha value is -0.890. The van der Waals surface area contributed by atoms with E-state index in [1.807, 2.05) is 6.92 Å². The number of aryl methyl sites for hydroxylation is 1.